The van der Waals surface area contributed by atoms with E-state index in [4.69, 9.17) is 4.98 Å². The van der Waals surface area contributed by atoms with Crippen molar-refractivity contribution in [1.29, 1.82) is 0 Å². The first-order valence-electron chi connectivity index (χ1n) is 11.1. The molecule has 1 saturated heterocycles. The van der Waals surface area contributed by atoms with E-state index in [0.29, 0.717) is 13.1 Å². The Morgan fingerprint density at radius 1 is 1.03 bits per heavy atom. The number of hydrogen-bond acceptors (Lipinski definition) is 6. The van der Waals surface area contributed by atoms with Crippen molar-refractivity contribution in [3.63, 3.8) is 0 Å². The summed E-state index contributed by atoms with van der Waals surface area (Å²) in [5, 5.41) is 0.911. The third kappa shape index (κ3) is 5.00. The number of hydrogen-bond donors (Lipinski definition) is 0. The molecule has 0 atom stereocenters. The van der Waals surface area contributed by atoms with Crippen LogP contribution in [0.3, 0.4) is 0 Å². The molecule has 0 N–H and O–H groups in total. The highest BCUT2D eigenvalue weighted by Crippen LogP contribution is 2.29. The predicted octanol–water partition coefficient (Wildman–Crippen LogP) is 4.10. The van der Waals surface area contributed by atoms with Crippen molar-refractivity contribution in [2.45, 2.75) is 26.8 Å². The Morgan fingerprint density at radius 3 is 2.31 bits per heavy atom. The van der Waals surface area contributed by atoms with Gasteiger partial charge in [-0.05, 0) is 44.6 Å². The lowest BCUT2D eigenvalue weighted by molar-refractivity contribution is 0.0750. The maximum atomic E-state index is 13.2. The van der Waals surface area contributed by atoms with E-state index < -0.39 is 0 Å². The van der Waals surface area contributed by atoms with Crippen LogP contribution in [0.15, 0.2) is 42.6 Å². The lowest BCUT2D eigenvalue weighted by Crippen LogP contribution is -2.49. The van der Waals surface area contributed by atoms with Crippen LogP contribution in [0.25, 0.3) is 10.6 Å². The number of benzene rings is 1. The monoisotopic (exact) mass is 449 g/mol. The zero-order valence-corrected chi connectivity index (χ0v) is 20.2. The van der Waals surface area contributed by atoms with Gasteiger partial charge in [0.05, 0.1) is 5.69 Å². The van der Waals surface area contributed by atoms with Gasteiger partial charge in [0, 0.05) is 44.5 Å². The van der Waals surface area contributed by atoms with E-state index >= 15 is 0 Å². The lowest BCUT2D eigenvalue weighted by Gasteiger charge is -2.35. The first-order chi connectivity index (χ1) is 15.4. The molecule has 0 spiro atoms. The highest BCUT2D eigenvalue weighted by molar-refractivity contribution is 7.17. The minimum Gasteiger partial charge on any atom is -0.353 e. The fourth-order valence-corrected chi connectivity index (χ4v) is 4.99. The van der Waals surface area contributed by atoms with Crippen LogP contribution in [-0.2, 0) is 13.0 Å². The molecule has 0 aliphatic carbocycles. The number of amides is 1. The Kier molecular flexibility index (Phi) is 6.86. The molecule has 0 radical (unpaired) electrons. The molecule has 6 nitrogen and oxygen atoms in total. The molecule has 0 unspecified atom stereocenters. The second kappa shape index (κ2) is 9.79. The van der Waals surface area contributed by atoms with E-state index in [1.54, 1.807) is 0 Å². The van der Waals surface area contributed by atoms with Crippen LogP contribution in [0, 0.1) is 6.92 Å². The number of piperazine rings is 1. The molecule has 1 amide bonds. The van der Waals surface area contributed by atoms with Crippen LogP contribution in [0.1, 0.15) is 33.4 Å². The summed E-state index contributed by atoms with van der Waals surface area (Å²) < 4.78 is 0. The Labute approximate surface area is 194 Å². The number of rotatable bonds is 6. The third-order valence-electron chi connectivity index (χ3n) is 5.80. The van der Waals surface area contributed by atoms with Gasteiger partial charge in [-0.3, -0.25) is 4.79 Å². The highest BCUT2D eigenvalue weighted by Gasteiger charge is 2.26. The number of pyridine rings is 1. The molecular weight excluding hydrogens is 418 g/mol. The molecule has 4 rings (SSSR count). The van der Waals surface area contributed by atoms with Gasteiger partial charge in [0.15, 0.2) is 0 Å². The van der Waals surface area contributed by atoms with Gasteiger partial charge in [-0.1, -0.05) is 37.3 Å². The molecule has 32 heavy (non-hydrogen) atoms. The van der Waals surface area contributed by atoms with Gasteiger partial charge in [-0.2, -0.15) is 0 Å². The van der Waals surface area contributed by atoms with Gasteiger partial charge in [-0.25, -0.2) is 9.97 Å². The van der Waals surface area contributed by atoms with E-state index in [-0.39, 0.29) is 5.91 Å². The zero-order valence-electron chi connectivity index (χ0n) is 19.3. The van der Waals surface area contributed by atoms with Gasteiger partial charge < -0.3 is 14.7 Å². The molecule has 1 aliphatic rings. The fraction of sp³-hybridized carbons (Fsp3) is 0.400. The largest absolute Gasteiger partial charge is 0.353 e. The Bertz CT molecular complexity index is 1050. The zero-order chi connectivity index (χ0) is 22.7. The van der Waals surface area contributed by atoms with E-state index in [9.17, 15) is 4.79 Å². The standard InChI is InChI=1S/C25H31N5OS/c1-5-19-6-9-21(10-7-19)24-27-18(2)23(32-24)25(31)30-14-12-29(13-15-30)22-11-8-20(16-26-22)17-28(3)4/h6-11,16H,5,12-15,17H2,1-4H3. The molecule has 1 aliphatic heterocycles. The second-order valence-electron chi connectivity index (χ2n) is 8.53. The molecular formula is C25H31N5OS. The molecule has 0 bridgehead atoms. The number of aromatic nitrogens is 2. The Morgan fingerprint density at radius 2 is 1.72 bits per heavy atom. The van der Waals surface area contributed by atoms with E-state index in [1.165, 1.54) is 22.5 Å². The molecule has 1 aromatic carbocycles. The number of nitrogens with zero attached hydrogens (tertiary/aromatic N) is 5. The number of aryl methyl sites for hydroxylation is 2. The van der Waals surface area contributed by atoms with Crippen LogP contribution in [-0.4, -0.2) is 65.9 Å². The molecule has 3 aromatic rings. The molecule has 1 fully saturated rings. The van der Waals surface area contributed by atoms with E-state index in [2.05, 4.69) is 72.2 Å². The van der Waals surface area contributed by atoms with Crippen molar-refractivity contribution in [1.82, 2.24) is 19.8 Å². The molecule has 7 heteroatoms. The first-order valence-corrected chi connectivity index (χ1v) is 12.0. The summed E-state index contributed by atoms with van der Waals surface area (Å²) in [7, 11) is 4.11. The quantitative estimate of drug-likeness (QED) is 0.567. The molecule has 2 aromatic heterocycles. The fourth-order valence-electron chi connectivity index (χ4n) is 3.95. The summed E-state index contributed by atoms with van der Waals surface area (Å²) in [6.07, 6.45) is 2.96. The van der Waals surface area contributed by atoms with Crippen molar-refractivity contribution in [2.75, 3.05) is 45.2 Å². The average molecular weight is 450 g/mol. The summed E-state index contributed by atoms with van der Waals surface area (Å²) in [5.41, 5.74) is 4.39. The van der Waals surface area contributed by atoms with Crippen LogP contribution >= 0.6 is 11.3 Å². The number of anilines is 1. The summed E-state index contributed by atoms with van der Waals surface area (Å²) in [4.78, 5) is 29.6. The first kappa shape index (κ1) is 22.4. The third-order valence-corrected chi connectivity index (χ3v) is 6.99. The normalized spacial score (nSPS) is 14.3. The van der Waals surface area contributed by atoms with Gasteiger partial charge in [-0.15, -0.1) is 11.3 Å². The predicted molar refractivity (Wildman–Crippen MR) is 131 cm³/mol. The van der Waals surface area contributed by atoms with E-state index in [0.717, 1.165) is 53.0 Å². The summed E-state index contributed by atoms with van der Waals surface area (Å²) >= 11 is 1.50. The summed E-state index contributed by atoms with van der Waals surface area (Å²) in [5.74, 6) is 1.07. The van der Waals surface area contributed by atoms with Gasteiger partial charge in [0.25, 0.3) is 5.91 Å². The summed E-state index contributed by atoms with van der Waals surface area (Å²) in [6.45, 7) is 7.92. The molecule has 168 valence electrons. The molecule has 3 heterocycles. The number of thiazole rings is 1. The van der Waals surface area contributed by atoms with Crippen molar-refractivity contribution < 1.29 is 4.79 Å². The minimum absolute atomic E-state index is 0.0883. The van der Waals surface area contributed by atoms with Gasteiger partial charge in [0.1, 0.15) is 15.7 Å². The number of carbonyl (C=O) groups excluding carboxylic acids is 1. The van der Waals surface area contributed by atoms with Crippen molar-refractivity contribution >= 4 is 23.1 Å². The van der Waals surface area contributed by atoms with Crippen molar-refractivity contribution in [3.8, 4) is 10.6 Å². The maximum absolute atomic E-state index is 13.2. The minimum atomic E-state index is 0.0883. The Balaban J connectivity index is 1.39. The highest BCUT2D eigenvalue weighted by atomic mass is 32.1. The maximum Gasteiger partial charge on any atom is 0.265 e. The van der Waals surface area contributed by atoms with Crippen LogP contribution in [0.5, 0.6) is 0 Å². The smallest absolute Gasteiger partial charge is 0.265 e. The number of carbonyl (C=O) groups is 1. The average Bonchev–Trinajstić information content (AvgIpc) is 3.20. The van der Waals surface area contributed by atoms with Crippen LogP contribution in [0.2, 0.25) is 0 Å². The van der Waals surface area contributed by atoms with E-state index in [1.807, 2.05) is 18.0 Å². The van der Waals surface area contributed by atoms with Crippen LogP contribution in [0.4, 0.5) is 5.82 Å². The lowest BCUT2D eigenvalue weighted by atomic mass is 10.1. The second-order valence-corrected chi connectivity index (χ2v) is 9.52. The van der Waals surface area contributed by atoms with Gasteiger partial charge >= 0.3 is 0 Å². The van der Waals surface area contributed by atoms with Gasteiger partial charge in [0.2, 0.25) is 0 Å². The summed E-state index contributed by atoms with van der Waals surface area (Å²) in [6, 6.07) is 12.7. The van der Waals surface area contributed by atoms with Crippen molar-refractivity contribution in [2.24, 2.45) is 0 Å². The topological polar surface area (TPSA) is 52.6 Å². The Hall–Kier alpha value is -2.77. The SMILES string of the molecule is CCc1ccc(-c2nc(C)c(C(=O)N3CCN(c4ccc(CN(C)C)cn4)CC3)s2)cc1. The molecule has 0 saturated carbocycles. The van der Waals surface area contributed by atoms with Crippen molar-refractivity contribution in [3.05, 3.63) is 64.3 Å². The van der Waals surface area contributed by atoms with Crippen LogP contribution < -0.4 is 4.90 Å².